The molecular formula is C28H24F2N4O2. The van der Waals surface area contributed by atoms with Crippen molar-refractivity contribution < 1.29 is 18.1 Å². The lowest BCUT2D eigenvalue weighted by Gasteiger charge is -2.35. The summed E-state index contributed by atoms with van der Waals surface area (Å²) in [6.07, 6.45) is 0. The quantitative estimate of drug-likeness (QED) is 0.351. The zero-order valence-corrected chi connectivity index (χ0v) is 20.3. The monoisotopic (exact) mass is 486 g/mol. The molecule has 0 saturated heterocycles. The predicted octanol–water partition coefficient (Wildman–Crippen LogP) is 6.64. The van der Waals surface area contributed by atoms with E-state index in [1.807, 2.05) is 63.2 Å². The highest BCUT2D eigenvalue weighted by Crippen LogP contribution is 2.39. The number of allylic oxidation sites excluding steroid dienone is 1. The van der Waals surface area contributed by atoms with E-state index in [1.165, 1.54) is 4.90 Å². The molecule has 0 fully saturated rings. The van der Waals surface area contributed by atoms with Crippen molar-refractivity contribution in [2.24, 2.45) is 0 Å². The first kappa shape index (κ1) is 23.4. The number of halogens is 2. The van der Waals surface area contributed by atoms with Crippen LogP contribution >= 0.6 is 0 Å². The van der Waals surface area contributed by atoms with E-state index in [0.29, 0.717) is 17.1 Å². The Labute approximate surface area is 207 Å². The zero-order valence-electron chi connectivity index (χ0n) is 20.3. The van der Waals surface area contributed by atoms with Crippen molar-refractivity contribution in [3.05, 3.63) is 106 Å². The van der Waals surface area contributed by atoms with E-state index in [0.717, 1.165) is 46.0 Å². The zero-order chi connectivity index (χ0) is 25.6. The Hall–Kier alpha value is -4.33. The SMILES string of the molecule is CC1=C(c2nc(-c3ccc(C)cc3)no2)C(c2ccc(C)c(C)c2)NC(=O)N1c1cc(F)cc(F)c1. The van der Waals surface area contributed by atoms with Crippen LogP contribution < -0.4 is 10.2 Å². The van der Waals surface area contributed by atoms with E-state index in [-0.39, 0.29) is 11.6 Å². The minimum atomic E-state index is -0.789. The molecule has 2 amide bonds. The highest BCUT2D eigenvalue weighted by Gasteiger charge is 2.37. The molecule has 2 heterocycles. The van der Waals surface area contributed by atoms with Crippen LogP contribution in [-0.4, -0.2) is 16.2 Å². The number of hydrogen-bond acceptors (Lipinski definition) is 4. The standard InChI is InChI=1S/C28H24F2N4O2/c1-15-5-8-19(9-6-15)26-32-27(36-33-26)24-18(4)34(23-13-21(29)12-22(30)14-23)28(35)31-25(24)20-10-7-16(2)17(3)11-20/h5-14,25H,1-4H3,(H,31,35). The summed E-state index contributed by atoms with van der Waals surface area (Å²) >= 11 is 0. The van der Waals surface area contributed by atoms with Gasteiger partial charge in [-0.15, -0.1) is 0 Å². The Morgan fingerprint density at radius 2 is 1.58 bits per heavy atom. The molecule has 1 aliphatic heterocycles. The summed E-state index contributed by atoms with van der Waals surface area (Å²) in [5.41, 5.74) is 5.88. The summed E-state index contributed by atoms with van der Waals surface area (Å²) in [5.74, 6) is -0.983. The van der Waals surface area contributed by atoms with Gasteiger partial charge >= 0.3 is 6.03 Å². The fourth-order valence-electron chi connectivity index (χ4n) is 4.35. The van der Waals surface area contributed by atoms with E-state index in [2.05, 4.69) is 15.5 Å². The van der Waals surface area contributed by atoms with Crippen LogP contribution in [0.25, 0.3) is 17.0 Å². The third-order valence-electron chi connectivity index (χ3n) is 6.42. The van der Waals surface area contributed by atoms with Crippen LogP contribution in [0, 0.1) is 32.4 Å². The van der Waals surface area contributed by atoms with Crippen molar-refractivity contribution in [1.82, 2.24) is 15.5 Å². The number of nitrogens with one attached hydrogen (secondary N) is 1. The van der Waals surface area contributed by atoms with Gasteiger partial charge in [0.25, 0.3) is 5.89 Å². The summed E-state index contributed by atoms with van der Waals surface area (Å²) in [6.45, 7) is 7.68. The number of urea groups is 1. The van der Waals surface area contributed by atoms with Gasteiger partial charge in [0, 0.05) is 17.3 Å². The Kier molecular flexibility index (Phi) is 5.88. The first-order valence-electron chi connectivity index (χ1n) is 11.5. The topological polar surface area (TPSA) is 71.3 Å². The third-order valence-corrected chi connectivity index (χ3v) is 6.42. The molecule has 182 valence electrons. The van der Waals surface area contributed by atoms with E-state index in [9.17, 15) is 13.6 Å². The molecule has 0 radical (unpaired) electrons. The number of carbonyl (C=O) groups is 1. The number of aromatic nitrogens is 2. The van der Waals surface area contributed by atoms with Crippen LogP contribution in [0.2, 0.25) is 0 Å². The number of rotatable bonds is 4. The Bertz CT molecular complexity index is 1490. The summed E-state index contributed by atoms with van der Waals surface area (Å²) in [4.78, 5) is 19.1. The Balaban J connectivity index is 1.68. The predicted molar refractivity (Wildman–Crippen MR) is 133 cm³/mol. The molecule has 1 atom stereocenters. The average Bonchev–Trinajstić information content (AvgIpc) is 3.30. The fraction of sp³-hybridized carbons (Fsp3) is 0.179. The van der Waals surface area contributed by atoms with Crippen molar-refractivity contribution in [2.75, 3.05) is 4.90 Å². The van der Waals surface area contributed by atoms with Crippen LogP contribution in [0.5, 0.6) is 0 Å². The molecule has 3 aromatic carbocycles. The van der Waals surface area contributed by atoms with Gasteiger partial charge in [0.1, 0.15) is 11.6 Å². The van der Waals surface area contributed by atoms with Gasteiger partial charge in [0.2, 0.25) is 5.82 Å². The molecule has 5 rings (SSSR count). The second-order valence-corrected chi connectivity index (χ2v) is 8.98. The summed E-state index contributed by atoms with van der Waals surface area (Å²) in [7, 11) is 0. The van der Waals surface area contributed by atoms with Gasteiger partial charge in [-0.3, -0.25) is 4.90 Å². The second-order valence-electron chi connectivity index (χ2n) is 8.98. The van der Waals surface area contributed by atoms with Crippen molar-refractivity contribution in [2.45, 2.75) is 33.7 Å². The van der Waals surface area contributed by atoms with E-state index in [1.54, 1.807) is 6.92 Å². The van der Waals surface area contributed by atoms with Crippen LogP contribution in [0.4, 0.5) is 19.3 Å². The maximum atomic E-state index is 14.0. The van der Waals surface area contributed by atoms with Crippen LogP contribution in [0.15, 0.2) is 70.9 Å². The maximum Gasteiger partial charge on any atom is 0.327 e. The van der Waals surface area contributed by atoms with Crippen molar-refractivity contribution in [1.29, 1.82) is 0 Å². The number of amides is 2. The summed E-state index contributed by atoms with van der Waals surface area (Å²) in [5, 5.41) is 7.12. The van der Waals surface area contributed by atoms with Crippen molar-refractivity contribution in [3.63, 3.8) is 0 Å². The summed E-state index contributed by atoms with van der Waals surface area (Å²) in [6, 6.07) is 15.4. The first-order chi connectivity index (χ1) is 17.2. The van der Waals surface area contributed by atoms with Gasteiger partial charge in [-0.05, 0) is 56.5 Å². The molecule has 0 aliphatic carbocycles. The molecule has 6 nitrogen and oxygen atoms in total. The van der Waals surface area contributed by atoms with Gasteiger partial charge in [-0.2, -0.15) is 4.98 Å². The molecular weight excluding hydrogens is 462 g/mol. The lowest BCUT2D eigenvalue weighted by Crippen LogP contribution is -2.46. The van der Waals surface area contributed by atoms with Crippen molar-refractivity contribution >= 4 is 17.3 Å². The number of hydrogen-bond donors (Lipinski definition) is 1. The lowest BCUT2D eigenvalue weighted by molar-refractivity contribution is 0.244. The number of nitrogens with zero attached hydrogens (tertiary/aromatic N) is 3. The minimum Gasteiger partial charge on any atom is -0.334 e. The summed E-state index contributed by atoms with van der Waals surface area (Å²) < 4.78 is 33.8. The molecule has 0 saturated carbocycles. The molecule has 0 bridgehead atoms. The maximum absolute atomic E-state index is 14.0. The molecule has 1 aliphatic rings. The fourth-order valence-corrected chi connectivity index (χ4v) is 4.35. The molecule has 8 heteroatoms. The average molecular weight is 487 g/mol. The molecule has 36 heavy (non-hydrogen) atoms. The molecule has 4 aromatic rings. The van der Waals surface area contributed by atoms with Gasteiger partial charge < -0.3 is 9.84 Å². The van der Waals surface area contributed by atoms with Gasteiger partial charge in [-0.1, -0.05) is 53.2 Å². The number of anilines is 1. The van der Waals surface area contributed by atoms with Gasteiger partial charge in [0.15, 0.2) is 0 Å². The van der Waals surface area contributed by atoms with Crippen LogP contribution in [0.1, 0.15) is 41.1 Å². The van der Waals surface area contributed by atoms with Gasteiger partial charge in [-0.25, -0.2) is 13.6 Å². The largest absolute Gasteiger partial charge is 0.334 e. The number of carbonyl (C=O) groups excluding carboxylic acids is 1. The van der Waals surface area contributed by atoms with Gasteiger partial charge in [0.05, 0.1) is 17.3 Å². The normalized spacial score (nSPS) is 15.9. The molecule has 1 unspecified atom stereocenters. The second kappa shape index (κ2) is 9.03. The lowest BCUT2D eigenvalue weighted by atomic mass is 9.92. The molecule has 0 spiro atoms. The first-order valence-corrected chi connectivity index (χ1v) is 11.5. The highest BCUT2D eigenvalue weighted by atomic mass is 19.1. The van der Waals surface area contributed by atoms with E-state index in [4.69, 9.17) is 4.52 Å². The Morgan fingerprint density at radius 3 is 2.25 bits per heavy atom. The minimum absolute atomic E-state index is 0.0526. The molecule has 1 aromatic heterocycles. The number of benzene rings is 3. The van der Waals surface area contributed by atoms with Crippen molar-refractivity contribution in [3.8, 4) is 11.4 Å². The van der Waals surface area contributed by atoms with Crippen LogP contribution in [0.3, 0.4) is 0 Å². The highest BCUT2D eigenvalue weighted by molar-refractivity contribution is 6.01. The molecule has 1 N–H and O–H groups in total. The smallest absolute Gasteiger partial charge is 0.327 e. The van der Waals surface area contributed by atoms with Crippen LogP contribution in [-0.2, 0) is 0 Å². The number of aryl methyl sites for hydroxylation is 3. The third kappa shape index (κ3) is 4.26. The Morgan fingerprint density at radius 1 is 0.889 bits per heavy atom. The van der Waals surface area contributed by atoms with E-state index >= 15 is 0 Å². The van der Waals surface area contributed by atoms with E-state index < -0.39 is 23.7 Å².